The van der Waals surface area contributed by atoms with E-state index in [9.17, 15) is 33.9 Å². The fourth-order valence-corrected chi connectivity index (χ4v) is 7.25. The Morgan fingerprint density at radius 3 is 1.19 bits per heavy atom. The van der Waals surface area contributed by atoms with Crippen molar-refractivity contribution >= 4 is 36.3 Å². The van der Waals surface area contributed by atoms with Crippen molar-refractivity contribution in [2.75, 3.05) is 33.5 Å². The summed E-state index contributed by atoms with van der Waals surface area (Å²) in [5, 5.41) is 10.8. The van der Waals surface area contributed by atoms with Crippen LogP contribution in [-0.4, -0.2) is 144 Å². The molecule has 0 unspecified atom stereocenters. The molecule has 0 aromatic heterocycles. The number of imide groups is 2. The zero-order chi connectivity index (χ0) is 52.1. The Morgan fingerprint density at radius 1 is 0.536 bits per heavy atom. The smallest absolute Gasteiger partial charge is 0.420 e. The zero-order valence-corrected chi connectivity index (χ0v) is 43.1. The summed E-state index contributed by atoms with van der Waals surface area (Å²) in [4.78, 5) is 79.5. The van der Waals surface area contributed by atoms with Crippen LogP contribution >= 0.6 is 0 Å². The van der Waals surface area contributed by atoms with Gasteiger partial charge in [-0.1, -0.05) is 60.7 Å². The number of aliphatic hydroxyl groups excluding tert-OH is 1. The quantitative estimate of drug-likeness (QED) is 0.205. The maximum atomic E-state index is 13.2. The van der Waals surface area contributed by atoms with Gasteiger partial charge in [0.1, 0.15) is 34.6 Å². The van der Waals surface area contributed by atoms with Crippen molar-refractivity contribution < 1.29 is 76.5 Å². The fraction of sp³-hybridized carbons (Fsp3) is 0.647. The normalized spacial score (nSPS) is 24.0. The highest BCUT2D eigenvalue weighted by molar-refractivity contribution is 5.95. The molecule has 2 aromatic rings. The third-order valence-electron chi connectivity index (χ3n) is 10.2. The number of amides is 4. The highest BCUT2D eigenvalue weighted by Gasteiger charge is 2.46. The van der Waals surface area contributed by atoms with E-state index in [0.29, 0.717) is 22.6 Å². The van der Waals surface area contributed by atoms with Gasteiger partial charge in [0, 0.05) is 18.9 Å². The van der Waals surface area contributed by atoms with Gasteiger partial charge in [-0.05, 0) is 121 Å². The lowest BCUT2D eigenvalue weighted by Crippen LogP contribution is -2.54. The summed E-state index contributed by atoms with van der Waals surface area (Å²) < 4.78 is 50.1. The monoisotopic (exact) mass is 973 g/mol. The number of methoxy groups -OCH3 is 1. The Morgan fingerprint density at radius 2 is 0.855 bits per heavy atom. The largest absolute Gasteiger partial charge is 0.458 e. The number of esters is 2. The van der Waals surface area contributed by atoms with Gasteiger partial charge in [0.15, 0.2) is 12.1 Å². The highest BCUT2D eigenvalue weighted by atomic mass is 16.6. The van der Waals surface area contributed by atoms with Crippen LogP contribution in [0.3, 0.4) is 0 Å². The van der Waals surface area contributed by atoms with E-state index in [-0.39, 0.29) is 38.3 Å². The minimum atomic E-state index is -1.45. The van der Waals surface area contributed by atoms with Crippen LogP contribution in [0.25, 0.3) is 0 Å². The number of benzene rings is 2. The number of aliphatic hydroxyl groups is 1. The number of cyclic esters (lactones) is 2. The second-order valence-electron chi connectivity index (χ2n) is 21.1. The topological polar surface area (TPSA) is 212 Å². The number of hydrogen-bond acceptors (Lipinski definition) is 16. The molecule has 4 rings (SSSR count). The van der Waals surface area contributed by atoms with Gasteiger partial charge in [-0.25, -0.2) is 28.8 Å². The molecule has 0 aliphatic carbocycles. The first-order valence-electron chi connectivity index (χ1n) is 23.2. The summed E-state index contributed by atoms with van der Waals surface area (Å²) >= 11 is 0. The molecule has 0 spiro atoms. The molecular formula is C51H76N2O16. The second-order valence-corrected chi connectivity index (χ2v) is 21.1. The molecular weight excluding hydrogens is 897 g/mol. The first-order chi connectivity index (χ1) is 31.9. The van der Waals surface area contributed by atoms with Gasteiger partial charge < -0.3 is 47.7 Å². The van der Waals surface area contributed by atoms with Crippen LogP contribution in [0.4, 0.5) is 19.2 Å². The molecule has 8 atom stereocenters. The van der Waals surface area contributed by atoms with E-state index in [1.54, 1.807) is 104 Å². The van der Waals surface area contributed by atoms with Gasteiger partial charge >= 0.3 is 36.3 Å². The van der Waals surface area contributed by atoms with E-state index < -0.39 is 95.2 Å². The first kappa shape index (κ1) is 58.0. The average molecular weight is 973 g/mol. The molecule has 386 valence electrons. The van der Waals surface area contributed by atoms with Crippen molar-refractivity contribution in [1.82, 2.24) is 9.80 Å². The summed E-state index contributed by atoms with van der Waals surface area (Å²) in [6, 6.07) is 16.6. The van der Waals surface area contributed by atoms with Crippen LogP contribution in [0, 0.1) is 11.8 Å². The molecule has 0 saturated carbocycles. The van der Waals surface area contributed by atoms with Crippen LogP contribution in [0.5, 0.6) is 0 Å². The van der Waals surface area contributed by atoms with Crippen molar-refractivity contribution in [3.8, 4) is 0 Å². The SMILES string of the molecule is CO[C@@H]1[C@@H](Cc2ccccc2)COC[C@H](N(C(=O)OC(C)(C)C)C(=O)OC(C)(C)C)C(=O)O[C@H]1C.C[C@@H]1OC(=O)[C@@H](N(C(=O)OC(C)(C)C)C(=O)OC(C)(C)C)COC[C@H](Cc2ccccc2)[C@H]1O. The molecule has 2 heterocycles. The molecule has 2 aliphatic heterocycles. The summed E-state index contributed by atoms with van der Waals surface area (Å²) in [7, 11) is 1.55. The number of carbonyl (C=O) groups excluding carboxylic acids is 6. The Hall–Kier alpha value is -5.30. The van der Waals surface area contributed by atoms with Crippen molar-refractivity contribution in [3.05, 3.63) is 71.8 Å². The third-order valence-corrected chi connectivity index (χ3v) is 10.2. The predicted octanol–water partition coefficient (Wildman–Crippen LogP) is 8.07. The van der Waals surface area contributed by atoms with E-state index in [0.717, 1.165) is 11.1 Å². The van der Waals surface area contributed by atoms with Crippen LogP contribution < -0.4 is 0 Å². The van der Waals surface area contributed by atoms with Crippen LogP contribution in [-0.2, 0) is 65.1 Å². The molecule has 1 N–H and O–H groups in total. The lowest BCUT2D eigenvalue weighted by molar-refractivity contribution is -0.162. The second kappa shape index (κ2) is 25.0. The summed E-state index contributed by atoms with van der Waals surface area (Å²) in [5.41, 5.74) is -1.59. The van der Waals surface area contributed by atoms with Crippen molar-refractivity contribution in [2.45, 2.75) is 169 Å². The van der Waals surface area contributed by atoms with Gasteiger partial charge in [0.25, 0.3) is 0 Å². The summed E-state index contributed by atoms with van der Waals surface area (Å²) in [5.74, 6) is -2.22. The molecule has 0 radical (unpaired) electrons. The summed E-state index contributed by atoms with van der Waals surface area (Å²) in [6.07, 6.45) is -6.06. The van der Waals surface area contributed by atoms with E-state index in [2.05, 4.69) is 0 Å². The van der Waals surface area contributed by atoms with Gasteiger partial charge in [-0.15, -0.1) is 0 Å². The van der Waals surface area contributed by atoms with Crippen LogP contribution in [0.15, 0.2) is 60.7 Å². The van der Waals surface area contributed by atoms with Gasteiger partial charge in [-0.3, -0.25) is 0 Å². The number of carbonyl (C=O) groups is 6. The minimum absolute atomic E-state index is 0.0873. The first-order valence-corrected chi connectivity index (χ1v) is 23.2. The molecule has 2 aliphatic rings. The van der Waals surface area contributed by atoms with E-state index >= 15 is 0 Å². The molecule has 18 nitrogen and oxygen atoms in total. The standard InChI is InChI=1S/C26H39NO8.C25H37NO8/c1-17-21(31-8)19(14-18-12-10-9-11-13-18)15-32-16-20(22(28)33-17)27(23(29)34-25(2,3)4)24(30)35-26(5,6)7;1-16-20(27)18(13-17-11-9-8-10-12-17)14-31-15-19(21(28)32-16)26(22(29)33-24(2,3)4)23(30)34-25(5,6)7/h9-13,17,19-21H,14-16H2,1-8H3;8-12,16,18-20,27H,13-15H2,1-7H3/t17-,19-,20-,21-;16-,18-,19-,20-/m00/s1. The number of nitrogens with zero attached hydrogens (tertiary/aromatic N) is 2. The van der Waals surface area contributed by atoms with E-state index in [1.165, 1.54) is 0 Å². The number of ether oxygens (including phenoxy) is 9. The molecule has 2 aromatic carbocycles. The summed E-state index contributed by atoms with van der Waals surface area (Å²) in [6.45, 7) is 22.8. The molecule has 69 heavy (non-hydrogen) atoms. The van der Waals surface area contributed by atoms with Crippen molar-refractivity contribution in [1.29, 1.82) is 0 Å². The Balaban J connectivity index is 0.000000365. The number of rotatable bonds is 7. The average Bonchev–Trinajstić information content (AvgIpc) is 3.28. The maximum absolute atomic E-state index is 13.2. The van der Waals surface area contributed by atoms with Gasteiger partial charge in [0.2, 0.25) is 0 Å². The molecule has 0 bridgehead atoms. The number of hydrogen-bond donors (Lipinski definition) is 1. The minimum Gasteiger partial charge on any atom is -0.458 e. The van der Waals surface area contributed by atoms with Gasteiger partial charge in [0.05, 0.1) is 38.6 Å². The Bertz CT molecular complexity index is 1930. The van der Waals surface area contributed by atoms with E-state index in [4.69, 9.17) is 42.6 Å². The predicted molar refractivity (Wildman–Crippen MR) is 253 cm³/mol. The lowest BCUT2D eigenvalue weighted by atomic mass is 9.92. The Labute approximate surface area is 407 Å². The van der Waals surface area contributed by atoms with Crippen molar-refractivity contribution in [3.63, 3.8) is 0 Å². The fourth-order valence-electron chi connectivity index (χ4n) is 7.25. The molecule has 4 amide bonds. The zero-order valence-electron chi connectivity index (χ0n) is 43.1. The van der Waals surface area contributed by atoms with Crippen molar-refractivity contribution in [2.24, 2.45) is 11.8 Å². The third kappa shape index (κ3) is 19.6. The molecule has 18 heteroatoms. The molecule has 2 fully saturated rings. The van der Waals surface area contributed by atoms with Crippen LogP contribution in [0.2, 0.25) is 0 Å². The highest BCUT2D eigenvalue weighted by Crippen LogP contribution is 2.26. The van der Waals surface area contributed by atoms with E-state index in [1.807, 2.05) is 60.7 Å². The van der Waals surface area contributed by atoms with Crippen LogP contribution in [0.1, 0.15) is 108 Å². The maximum Gasteiger partial charge on any atom is 0.420 e. The lowest BCUT2D eigenvalue weighted by Gasteiger charge is -2.32. The molecule has 2 saturated heterocycles. The van der Waals surface area contributed by atoms with Gasteiger partial charge in [-0.2, -0.15) is 9.80 Å². The Kier molecular flexibility index (Phi) is 21.0.